The van der Waals surface area contributed by atoms with Crippen LogP contribution in [0.5, 0.6) is 0 Å². The molecule has 18 heavy (non-hydrogen) atoms. The first-order valence-corrected chi connectivity index (χ1v) is 5.90. The Kier molecular flexibility index (Phi) is 4.83. The fourth-order valence-electron chi connectivity index (χ4n) is 1.75. The SMILES string of the molecule is CC(C)CC(C)NC(=O)c1cc(C(=O)O)ccn1. The van der Waals surface area contributed by atoms with Gasteiger partial charge in [-0.25, -0.2) is 4.79 Å². The summed E-state index contributed by atoms with van der Waals surface area (Å²) >= 11 is 0. The number of hydrogen-bond donors (Lipinski definition) is 2. The fraction of sp³-hybridized carbons (Fsp3) is 0.462. The number of carbonyl (C=O) groups excluding carboxylic acids is 1. The van der Waals surface area contributed by atoms with E-state index in [0.29, 0.717) is 5.92 Å². The van der Waals surface area contributed by atoms with E-state index in [1.807, 2.05) is 6.92 Å². The molecular weight excluding hydrogens is 232 g/mol. The monoisotopic (exact) mass is 250 g/mol. The molecule has 2 N–H and O–H groups in total. The molecule has 0 saturated carbocycles. The Balaban J connectivity index is 2.72. The smallest absolute Gasteiger partial charge is 0.335 e. The largest absolute Gasteiger partial charge is 0.478 e. The molecule has 5 heteroatoms. The zero-order valence-corrected chi connectivity index (χ0v) is 10.8. The highest BCUT2D eigenvalue weighted by molar-refractivity contribution is 5.95. The molecule has 0 saturated heterocycles. The van der Waals surface area contributed by atoms with Gasteiger partial charge >= 0.3 is 5.97 Å². The Labute approximate surface area is 106 Å². The number of rotatable bonds is 5. The van der Waals surface area contributed by atoms with Crippen LogP contribution >= 0.6 is 0 Å². The fourth-order valence-corrected chi connectivity index (χ4v) is 1.75. The van der Waals surface area contributed by atoms with E-state index in [4.69, 9.17) is 5.11 Å². The van der Waals surface area contributed by atoms with Crippen LogP contribution in [0.3, 0.4) is 0 Å². The second kappa shape index (κ2) is 6.14. The maximum Gasteiger partial charge on any atom is 0.335 e. The number of amides is 1. The van der Waals surface area contributed by atoms with Crippen molar-refractivity contribution in [2.24, 2.45) is 5.92 Å². The third-order valence-electron chi connectivity index (χ3n) is 2.44. The normalized spacial score (nSPS) is 12.2. The summed E-state index contributed by atoms with van der Waals surface area (Å²) in [5.74, 6) is -0.924. The lowest BCUT2D eigenvalue weighted by Gasteiger charge is -2.15. The van der Waals surface area contributed by atoms with Crippen LogP contribution in [0.2, 0.25) is 0 Å². The van der Waals surface area contributed by atoms with Crippen LogP contribution in [-0.4, -0.2) is 28.0 Å². The number of carboxylic acid groups (broad SMARTS) is 1. The molecular formula is C13H18N2O3. The van der Waals surface area contributed by atoms with Gasteiger partial charge in [-0.05, 0) is 31.4 Å². The minimum atomic E-state index is -1.07. The highest BCUT2D eigenvalue weighted by Crippen LogP contribution is 2.06. The van der Waals surface area contributed by atoms with Gasteiger partial charge in [0.1, 0.15) is 5.69 Å². The molecule has 1 heterocycles. The molecule has 0 radical (unpaired) electrons. The van der Waals surface area contributed by atoms with Gasteiger partial charge in [-0.2, -0.15) is 0 Å². The van der Waals surface area contributed by atoms with E-state index in [2.05, 4.69) is 24.1 Å². The van der Waals surface area contributed by atoms with E-state index in [-0.39, 0.29) is 23.2 Å². The first-order chi connectivity index (χ1) is 8.40. The van der Waals surface area contributed by atoms with Crippen molar-refractivity contribution in [1.82, 2.24) is 10.3 Å². The van der Waals surface area contributed by atoms with Gasteiger partial charge in [-0.3, -0.25) is 9.78 Å². The Hall–Kier alpha value is -1.91. The summed E-state index contributed by atoms with van der Waals surface area (Å²) in [4.78, 5) is 26.5. The molecule has 0 aromatic carbocycles. The second-order valence-corrected chi connectivity index (χ2v) is 4.74. The standard InChI is InChI=1S/C13H18N2O3/c1-8(2)6-9(3)15-12(16)11-7-10(13(17)18)4-5-14-11/h4-5,7-9H,6H2,1-3H3,(H,15,16)(H,17,18). The van der Waals surface area contributed by atoms with Gasteiger partial charge in [0.05, 0.1) is 5.56 Å². The number of hydrogen-bond acceptors (Lipinski definition) is 3. The average molecular weight is 250 g/mol. The predicted molar refractivity (Wildman–Crippen MR) is 67.6 cm³/mol. The summed E-state index contributed by atoms with van der Waals surface area (Å²) in [6.07, 6.45) is 2.19. The molecule has 1 aromatic rings. The summed E-state index contributed by atoms with van der Waals surface area (Å²) < 4.78 is 0. The molecule has 0 spiro atoms. The van der Waals surface area contributed by atoms with Crippen LogP contribution in [-0.2, 0) is 0 Å². The van der Waals surface area contributed by atoms with Gasteiger partial charge < -0.3 is 10.4 Å². The summed E-state index contributed by atoms with van der Waals surface area (Å²) in [5.41, 5.74) is 0.192. The van der Waals surface area contributed by atoms with E-state index in [9.17, 15) is 9.59 Å². The Morgan fingerprint density at radius 3 is 2.61 bits per heavy atom. The Bertz CT molecular complexity index is 444. The minimum Gasteiger partial charge on any atom is -0.478 e. The molecule has 0 aliphatic rings. The number of nitrogens with one attached hydrogen (secondary N) is 1. The van der Waals surface area contributed by atoms with E-state index >= 15 is 0 Å². The lowest BCUT2D eigenvalue weighted by Crippen LogP contribution is -2.34. The number of nitrogens with zero attached hydrogens (tertiary/aromatic N) is 1. The summed E-state index contributed by atoms with van der Waals surface area (Å²) in [6.45, 7) is 6.07. The summed E-state index contributed by atoms with van der Waals surface area (Å²) in [7, 11) is 0. The van der Waals surface area contributed by atoms with Crippen molar-refractivity contribution in [2.45, 2.75) is 33.2 Å². The molecule has 0 aliphatic heterocycles. The van der Waals surface area contributed by atoms with Crippen LogP contribution in [0.4, 0.5) is 0 Å². The van der Waals surface area contributed by atoms with Crippen LogP contribution in [0, 0.1) is 5.92 Å². The van der Waals surface area contributed by atoms with Crippen molar-refractivity contribution in [3.8, 4) is 0 Å². The lowest BCUT2D eigenvalue weighted by atomic mass is 10.1. The molecule has 98 valence electrons. The molecule has 1 aromatic heterocycles. The maximum absolute atomic E-state index is 11.8. The van der Waals surface area contributed by atoms with Gasteiger partial charge in [0.2, 0.25) is 0 Å². The van der Waals surface area contributed by atoms with E-state index in [1.54, 1.807) is 0 Å². The number of aromatic nitrogens is 1. The number of carboxylic acids is 1. The Morgan fingerprint density at radius 1 is 1.39 bits per heavy atom. The minimum absolute atomic E-state index is 0.0350. The van der Waals surface area contributed by atoms with Gasteiger partial charge in [0.15, 0.2) is 0 Å². The zero-order chi connectivity index (χ0) is 13.7. The van der Waals surface area contributed by atoms with Crippen LogP contribution in [0.15, 0.2) is 18.3 Å². The molecule has 1 unspecified atom stereocenters. The first-order valence-electron chi connectivity index (χ1n) is 5.90. The topological polar surface area (TPSA) is 79.3 Å². The molecule has 1 amide bonds. The third-order valence-corrected chi connectivity index (χ3v) is 2.44. The predicted octanol–water partition coefficient (Wildman–Crippen LogP) is 1.94. The van der Waals surface area contributed by atoms with E-state index < -0.39 is 5.97 Å². The molecule has 1 rings (SSSR count). The second-order valence-electron chi connectivity index (χ2n) is 4.74. The highest BCUT2D eigenvalue weighted by Gasteiger charge is 2.14. The highest BCUT2D eigenvalue weighted by atomic mass is 16.4. The quantitative estimate of drug-likeness (QED) is 0.837. The van der Waals surface area contributed by atoms with Gasteiger partial charge in [0.25, 0.3) is 5.91 Å². The first kappa shape index (κ1) is 14.2. The number of aromatic carboxylic acids is 1. The van der Waals surface area contributed by atoms with Crippen molar-refractivity contribution in [3.63, 3.8) is 0 Å². The van der Waals surface area contributed by atoms with Crippen molar-refractivity contribution in [1.29, 1.82) is 0 Å². The van der Waals surface area contributed by atoms with Crippen LogP contribution in [0.1, 0.15) is 48.0 Å². The Morgan fingerprint density at radius 2 is 2.06 bits per heavy atom. The summed E-state index contributed by atoms with van der Waals surface area (Å²) in [5, 5.41) is 11.6. The zero-order valence-electron chi connectivity index (χ0n) is 10.8. The molecule has 0 fully saturated rings. The lowest BCUT2D eigenvalue weighted by molar-refractivity contribution is 0.0696. The third kappa shape index (κ3) is 4.16. The number of pyridine rings is 1. The van der Waals surface area contributed by atoms with Crippen molar-refractivity contribution in [3.05, 3.63) is 29.6 Å². The van der Waals surface area contributed by atoms with Crippen molar-refractivity contribution < 1.29 is 14.7 Å². The van der Waals surface area contributed by atoms with Crippen molar-refractivity contribution in [2.75, 3.05) is 0 Å². The molecule has 0 aliphatic carbocycles. The van der Waals surface area contributed by atoms with E-state index in [0.717, 1.165) is 6.42 Å². The molecule has 5 nitrogen and oxygen atoms in total. The van der Waals surface area contributed by atoms with Gasteiger partial charge in [0, 0.05) is 12.2 Å². The van der Waals surface area contributed by atoms with Crippen LogP contribution in [0.25, 0.3) is 0 Å². The van der Waals surface area contributed by atoms with Gasteiger partial charge in [-0.15, -0.1) is 0 Å². The van der Waals surface area contributed by atoms with E-state index in [1.165, 1.54) is 18.3 Å². The average Bonchev–Trinajstić information content (AvgIpc) is 2.27. The maximum atomic E-state index is 11.8. The molecule has 0 bridgehead atoms. The van der Waals surface area contributed by atoms with Gasteiger partial charge in [-0.1, -0.05) is 13.8 Å². The van der Waals surface area contributed by atoms with Crippen molar-refractivity contribution >= 4 is 11.9 Å². The van der Waals surface area contributed by atoms with Crippen LogP contribution < -0.4 is 5.32 Å². The molecule has 1 atom stereocenters. The summed E-state index contributed by atoms with van der Waals surface area (Å²) in [6, 6.07) is 2.67. The number of carbonyl (C=O) groups is 2.